The number of allylic oxidation sites excluding steroid dienone is 2. The van der Waals surface area contributed by atoms with E-state index in [2.05, 4.69) is 24.4 Å². The number of ether oxygens (including phenoxy) is 1. The molecule has 168 valence electrons. The summed E-state index contributed by atoms with van der Waals surface area (Å²) in [6.45, 7) is 15.1. The Morgan fingerprint density at radius 3 is 2.33 bits per heavy atom. The van der Waals surface area contributed by atoms with Crippen LogP contribution in [-0.2, 0) is 19.2 Å². The lowest BCUT2D eigenvalue weighted by molar-refractivity contribution is -0.176. The molecule has 1 aromatic carbocycles. The Balaban J connectivity index is 0. The highest BCUT2D eigenvalue weighted by molar-refractivity contribution is 5.85. The molecular formula is C24H37NO5. The molecule has 1 unspecified atom stereocenters. The van der Waals surface area contributed by atoms with E-state index in [1.807, 2.05) is 58.0 Å². The molecule has 6 nitrogen and oxygen atoms in total. The zero-order chi connectivity index (χ0) is 23.4. The summed E-state index contributed by atoms with van der Waals surface area (Å²) in [5, 5.41) is 0.369. The van der Waals surface area contributed by atoms with E-state index in [-0.39, 0.29) is 25.4 Å². The highest BCUT2D eigenvalue weighted by Gasteiger charge is 2.19. The monoisotopic (exact) mass is 419 g/mol. The highest BCUT2D eigenvalue weighted by Crippen LogP contribution is 2.22. The summed E-state index contributed by atoms with van der Waals surface area (Å²) in [5.74, 6) is -0.654. The van der Waals surface area contributed by atoms with Crippen molar-refractivity contribution < 1.29 is 24.0 Å². The van der Waals surface area contributed by atoms with Gasteiger partial charge < -0.3 is 4.74 Å². The van der Waals surface area contributed by atoms with E-state index < -0.39 is 12.1 Å². The number of hydrogen-bond acceptors (Lipinski definition) is 5. The normalized spacial score (nSPS) is 10.5. The van der Waals surface area contributed by atoms with Gasteiger partial charge in [-0.3, -0.25) is 14.4 Å². The third-order valence-electron chi connectivity index (χ3n) is 3.49. The number of nitrogens with zero attached hydrogens (tertiary/aromatic N) is 1. The predicted octanol–water partition coefficient (Wildman–Crippen LogP) is 6.29. The van der Waals surface area contributed by atoms with Gasteiger partial charge in [0.2, 0.25) is 0 Å². The van der Waals surface area contributed by atoms with Gasteiger partial charge in [0.1, 0.15) is 6.61 Å². The van der Waals surface area contributed by atoms with Crippen molar-refractivity contribution in [3.05, 3.63) is 54.1 Å². The van der Waals surface area contributed by atoms with Crippen molar-refractivity contribution in [3.63, 3.8) is 0 Å². The Hall–Kier alpha value is -2.89. The average molecular weight is 420 g/mol. The summed E-state index contributed by atoms with van der Waals surface area (Å²) in [7, 11) is 0. The van der Waals surface area contributed by atoms with Gasteiger partial charge in [0.25, 0.3) is 12.3 Å². The van der Waals surface area contributed by atoms with Crippen molar-refractivity contribution in [3.8, 4) is 0 Å². The molecule has 0 saturated heterocycles. The first-order valence-electron chi connectivity index (χ1n) is 10.4. The van der Waals surface area contributed by atoms with Gasteiger partial charge in [0.15, 0.2) is 0 Å². The van der Waals surface area contributed by atoms with Crippen molar-refractivity contribution in [2.75, 3.05) is 6.61 Å². The molecule has 0 aliphatic carbocycles. The van der Waals surface area contributed by atoms with Gasteiger partial charge in [-0.1, -0.05) is 77.1 Å². The Labute approximate surface area is 181 Å². The van der Waals surface area contributed by atoms with Gasteiger partial charge in [-0.25, -0.2) is 4.79 Å². The lowest BCUT2D eigenvalue weighted by atomic mass is 9.96. The molecule has 6 heteroatoms. The summed E-state index contributed by atoms with van der Waals surface area (Å²) in [6.07, 6.45) is 6.50. The molecule has 0 fully saturated rings. The topological polar surface area (TPSA) is 72.9 Å². The first-order valence-corrected chi connectivity index (χ1v) is 10.4. The minimum Gasteiger partial charge on any atom is -0.432 e. The Bertz CT molecular complexity index is 655. The van der Waals surface area contributed by atoms with Gasteiger partial charge in [-0.2, -0.15) is 0 Å². The summed E-state index contributed by atoms with van der Waals surface area (Å²) >= 11 is 0. The van der Waals surface area contributed by atoms with Crippen LogP contribution in [0, 0.1) is 0 Å². The van der Waals surface area contributed by atoms with Crippen molar-refractivity contribution in [1.82, 2.24) is 5.06 Å². The quantitative estimate of drug-likeness (QED) is 0.214. The maximum atomic E-state index is 11.7. The second kappa shape index (κ2) is 19.4. The molecule has 0 N–H and O–H groups in total. The Morgan fingerprint density at radius 2 is 1.80 bits per heavy atom. The fourth-order valence-corrected chi connectivity index (χ4v) is 2.20. The van der Waals surface area contributed by atoms with Crippen LogP contribution >= 0.6 is 0 Å². The molecule has 0 aromatic heterocycles. The van der Waals surface area contributed by atoms with Crippen LogP contribution in [0.25, 0.3) is 6.08 Å². The van der Waals surface area contributed by atoms with Gasteiger partial charge in [0.05, 0.1) is 0 Å². The van der Waals surface area contributed by atoms with Crippen molar-refractivity contribution >= 4 is 24.5 Å². The van der Waals surface area contributed by atoms with Crippen LogP contribution in [0.5, 0.6) is 0 Å². The maximum absolute atomic E-state index is 11.7. The Morgan fingerprint density at radius 1 is 1.20 bits per heavy atom. The Kier molecular flexibility index (Phi) is 19.0. The average Bonchev–Trinajstić information content (AvgIpc) is 2.76. The van der Waals surface area contributed by atoms with E-state index in [9.17, 15) is 14.4 Å². The zero-order valence-electron chi connectivity index (χ0n) is 19.2. The van der Waals surface area contributed by atoms with Crippen LogP contribution in [0.2, 0.25) is 0 Å². The minimum absolute atomic E-state index is 0.0683. The lowest BCUT2D eigenvalue weighted by Gasteiger charge is -2.17. The molecule has 30 heavy (non-hydrogen) atoms. The number of hydroxylamine groups is 2. The molecule has 0 aliphatic heterocycles. The van der Waals surface area contributed by atoms with E-state index in [0.717, 1.165) is 17.5 Å². The molecule has 1 atom stereocenters. The standard InChI is InChI=1S/C19H25NO5.C3H6.C2H6/c1-4-6-10-16-11-7-8-12-17(16)15(3)13-24-19(23)25-20(14-21)18(22)9-5-2;1-3-2;1-2/h6-8,10-12,14-15H,4-5,9,13H2,1-3H3;3H,1H2,2H3;1-2H3/b10-6+;;. The molecule has 0 aliphatic rings. The molecule has 0 radical (unpaired) electrons. The van der Waals surface area contributed by atoms with Gasteiger partial charge in [-0.15, -0.1) is 11.6 Å². The van der Waals surface area contributed by atoms with Gasteiger partial charge >= 0.3 is 6.16 Å². The van der Waals surface area contributed by atoms with Crippen LogP contribution in [-0.4, -0.2) is 30.1 Å². The first kappa shape index (κ1) is 29.3. The summed E-state index contributed by atoms with van der Waals surface area (Å²) in [4.78, 5) is 38.7. The zero-order valence-corrected chi connectivity index (χ0v) is 19.2. The number of rotatable bonds is 8. The number of carbonyl (C=O) groups excluding carboxylic acids is 3. The summed E-state index contributed by atoms with van der Waals surface area (Å²) < 4.78 is 5.04. The third-order valence-corrected chi connectivity index (χ3v) is 3.49. The molecular weight excluding hydrogens is 382 g/mol. The molecule has 1 rings (SSSR count). The van der Waals surface area contributed by atoms with Crippen molar-refractivity contribution in [1.29, 1.82) is 0 Å². The van der Waals surface area contributed by atoms with Crippen LogP contribution < -0.4 is 0 Å². The highest BCUT2D eigenvalue weighted by atomic mass is 16.8. The summed E-state index contributed by atoms with van der Waals surface area (Å²) in [5.41, 5.74) is 2.09. The summed E-state index contributed by atoms with van der Waals surface area (Å²) in [6, 6.07) is 7.83. The van der Waals surface area contributed by atoms with Crippen LogP contribution in [0.4, 0.5) is 4.79 Å². The van der Waals surface area contributed by atoms with E-state index >= 15 is 0 Å². The van der Waals surface area contributed by atoms with Crippen molar-refractivity contribution in [2.45, 2.75) is 66.7 Å². The predicted molar refractivity (Wildman–Crippen MR) is 122 cm³/mol. The molecule has 1 aromatic rings. The van der Waals surface area contributed by atoms with E-state index in [1.54, 1.807) is 13.0 Å². The SMILES string of the molecule is C=CC.CC.CC/C=C/c1ccccc1C(C)COC(=O)ON(C=O)C(=O)CCC. The number of carbonyl (C=O) groups is 3. The fraction of sp³-hybridized carbons (Fsp3) is 0.458. The number of imide groups is 1. The van der Waals surface area contributed by atoms with Crippen LogP contribution in [0.1, 0.15) is 77.8 Å². The molecule has 0 spiro atoms. The molecule has 0 saturated carbocycles. The fourth-order valence-electron chi connectivity index (χ4n) is 2.20. The van der Waals surface area contributed by atoms with Gasteiger partial charge in [0, 0.05) is 12.3 Å². The van der Waals surface area contributed by atoms with Crippen molar-refractivity contribution in [2.24, 2.45) is 0 Å². The van der Waals surface area contributed by atoms with E-state index in [1.165, 1.54) is 0 Å². The van der Waals surface area contributed by atoms with E-state index in [4.69, 9.17) is 4.74 Å². The number of benzene rings is 1. The maximum Gasteiger partial charge on any atom is 0.533 e. The third kappa shape index (κ3) is 12.5. The minimum atomic E-state index is -1.08. The molecule has 0 bridgehead atoms. The molecule has 2 amide bonds. The largest absolute Gasteiger partial charge is 0.533 e. The second-order valence-corrected chi connectivity index (χ2v) is 5.98. The lowest BCUT2D eigenvalue weighted by Crippen LogP contribution is -2.32. The first-order chi connectivity index (χ1) is 14.4. The second-order valence-electron chi connectivity index (χ2n) is 5.98. The number of amides is 2. The molecule has 0 heterocycles. The van der Waals surface area contributed by atoms with Crippen LogP contribution in [0.15, 0.2) is 43.0 Å². The smallest absolute Gasteiger partial charge is 0.432 e. The van der Waals surface area contributed by atoms with Gasteiger partial charge in [-0.05, 0) is 30.9 Å². The van der Waals surface area contributed by atoms with E-state index in [0.29, 0.717) is 11.5 Å². The van der Waals surface area contributed by atoms with Crippen LogP contribution in [0.3, 0.4) is 0 Å². The number of hydrogen-bond donors (Lipinski definition) is 0.